The molecule has 2 rings (SSSR count). The van der Waals surface area contributed by atoms with Crippen LogP contribution in [0.2, 0.25) is 12.1 Å². The first-order chi connectivity index (χ1) is 8.99. The van der Waals surface area contributed by atoms with Crippen molar-refractivity contribution in [2.75, 3.05) is 0 Å². The first-order valence-electron chi connectivity index (χ1n) is 7.30. The molecule has 0 aromatic rings. The van der Waals surface area contributed by atoms with E-state index in [1.165, 1.54) is 34.4 Å². The molecule has 2 aliphatic carbocycles. The fraction of sp³-hybridized carbons (Fsp3) is 0.556. The zero-order chi connectivity index (χ0) is 14.7. The molecule has 0 spiro atoms. The summed E-state index contributed by atoms with van der Waals surface area (Å²) in [6, 6.07) is 2.85. The Kier molecular flexibility index (Phi) is 27.3. The second-order valence-corrected chi connectivity index (χ2v) is 7.37. The van der Waals surface area contributed by atoms with Crippen LogP contribution in [0, 0.1) is 12.2 Å². The van der Waals surface area contributed by atoms with E-state index in [9.17, 15) is 0 Å². The first-order valence-corrected chi connectivity index (χ1v) is 8.93. The van der Waals surface area contributed by atoms with Crippen LogP contribution in [0.3, 0.4) is 0 Å². The van der Waals surface area contributed by atoms with Crippen molar-refractivity contribution in [1.29, 1.82) is 0 Å². The van der Waals surface area contributed by atoms with Gasteiger partial charge in [0.1, 0.15) is 0 Å². The molecule has 0 saturated heterocycles. The molecular formula is C18H29Cl2HfSi. The van der Waals surface area contributed by atoms with Gasteiger partial charge in [-0.25, -0.2) is 23.3 Å². The van der Waals surface area contributed by atoms with Crippen molar-refractivity contribution >= 4 is 9.52 Å². The van der Waals surface area contributed by atoms with E-state index >= 15 is 0 Å². The van der Waals surface area contributed by atoms with E-state index in [0.29, 0.717) is 0 Å². The van der Waals surface area contributed by atoms with Gasteiger partial charge in [-0.05, 0) is 0 Å². The molecule has 0 bridgehead atoms. The summed E-state index contributed by atoms with van der Waals surface area (Å²) in [7, 11) is 0.815. The average Bonchev–Trinajstić information content (AvgIpc) is 2.90. The molecule has 0 aromatic carbocycles. The number of hydrogen-bond donors (Lipinski definition) is 0. The Morgan fingerprint density at radius 1 is 0.818 bits per heavy atom. The largest absolute Gasteiger partial charge is 4.00 e. The summed E-state index contributed by atoms with van der Waals surface area (Å²) in [6.45, 7) is 12.9. The normalized spacial score (nSPS) is 14.1. The number of hydrogen-bond acceptors (Lipinski definition) is 0. The standard InChI is InChI=1S/2C7H9.C4H11Si.2ClH.Hf/c2*1-6-3-4-7(2)5-6;1-3-5-4-2;;;/h2*5H,3H2,1-2H3;5H,3-4H2,1-2H3;2*1H;/q2*-1;;;;+4/p-2. The third kappa shape index (κ3) is 18.7. The minimum absolute atomic E-state index is 0. The summed E-state index contributed by atoms with van der Waals surface area (Å²) in [6.07, 6.45) is 12.8. The van der Waals surface area contributed by atoms with Gasteiger partial charge in [0.25, 0.3) is 0 Å². The summed E-state index contributed by atoms with van der Waals surface area (Å²) in [5, 5.41) is 0. The van der Waals surface area contributed by atoms with Crippen LogP contribution >= 0.6 is 0 Å². The zero-order valence-electron chi connectivity index (χ0n) is 14.8. The predicted molar refractivity (Wildman–Crippen MR) is 89.7 cm³/mol. The van der Waals surface area contributed by atoms with E-state index < -0.39 is 0 Å². The first kappa shape index (κ1) is 30.5. The Balaban J connectivity index is -0.000000105. The van der Waals surface area contributed by atoms with Crippen molar-refractivity contribution in [3.05, 3.63) is 46.6 Å². The molecule has 0 heterocycles. The second-order valence-electron chi connectivity index (χ2n) is 5.16. The topological polar surface area (TPSA) is 0 Å². The van der Waals surface area contributed by atoms with Crippen molar-refractivity contribution in [2.24, 2.45) is 0 Å². The van der Waals surface area contributed by atoms with Gasteiger partial charge in [0.05, 0.1) is 0 Å². The van der Waals surface area contributed by atoms with Crippen LogP contribution in [0.5, 0.6) is 0 Å². The van der Waals surface area contributed by atoms with Gasteiger partial charge in [0, 0.05) is 9.52 Å². The van der Waals surface area contributed by atoms with Crippen molar-refractivity contribution in [2.45, 2.75) is 66.5 Å². The van der Waals surface area contributed by atoms with Crippen LogP contribution < -0.4 is 24.8 Å². The predicted octanol–water partition coefficient (Wildman–Crippen LogP) is -0.523. The minimum Gasteiger partial charge on any atom is -1.00 e. The van der Waals surface area contributed by atoms with E-state index in [1.807, 2.05) is 0 Å². The summed E-state index contributed by atoms with van der Waals surface area (Å²) in [5.41, 5.74) is 5.44. The van der Waals surface area contributed by atoms with Gasteiger partial charge in [-0.1, -0.05) is 53.6 Å². The van der Waals surface area contributed by atoms with Crippen LogP contribution in [0.1, 0.15) is 54.4 Å². The Morgan fingerprint density at radius 3 is 1.18 bits per heavy atom. The summed E-state index contributed by atoms with van der Waals surface area (Å²) < 4.78 is 0. The second kappa shape index (κ2) is 19.7. The molecular weight excluding hydrogens is 494 g/mol. The molecule has 1 radical (unpaired) electrons. The van der Waals surface area contributed by atoms with Crippen molar-refractivity contribution in [3.63, 3.8) is 0 Å². The molecule has 0 aromatic heterocycles. The van der Waals surface area contributed by atoms with Crippen LogP contribution in [0.25, 0.3) is 0 Å². The number of allylic oxidation sites excluding steroid dienone is 8. The van der Waals surface area contributed by atoms with Crippen LogP contribution in [-0.4, -0.2) is 9.52 Å². The monoisotopic (exact) mass is 523 g/mol. The minimum atomic E-state index is 0. The molecule has 0 atom stereocenters. The Hall–Kier alpha value is 0.627. The summed E-state index contributed by atoms with van der Waals surface area (Å²) in [5.74, 6) is 0. The average molecular weight is 523 g/mol. The maximum atomic E-state index is 3.19. The quantitative estimate of drug-likeness (QED) is 0.338. The van der Waals surface area contributed by atoms with Crippen LogP contribution in [0.15, 0.2) is 34.4 Å². The van der Waals surface area contributed by atoms with Crippen molar-refractivity contribution < 1.29 is 50.7 Å². The molecule has 4 heteroatoms. The van der Waals surface area contributed by atoms with Gasteiger partial charge in [-0.15, -0.1) is 12.8 Å². The molecule has 0 fully saturated rings. The summed E-state index contributed by atoms with van der Waals surface area (Å²) >= 11 is 0. The van der Waals surface area contributed by atoms with E-state index in [4.69, 9.17) is 0 Å². The van der Waals surface area contributed by atoms with E-state index in [-0.39, 0.29) is 50.7 Å². The van der Waals surface area contributed by atoms with E-state index in [1.54, 1.807) is 0 Å². The zero-order valence-corrected chi connectivity index (χ0v) is 21.1. The third-order valence-electron chi connectivity index (χ3n) is 2.80. The van der Waals surface area contributed by atoms with Gasteiger partial charge in [-0.2, -0.15) is 11.1 Å². The van der Waals surface area contributed by atoms with Crippen LogP contribution in [-0.2, 0) is 25.8 Å². The van der Waals surface area contributed by atoms with Gasteiger partial charge in [-0.3, -0.25) is 12.2 Å². The molecule has 2 aliphatic rings. The molecule has 0 nitrogen and oxygen atoms in total. The fourth-order valence-corrected chi connectivity index (χ4v) is 2.37. The van der Waals surface area contributed by atoms with Gasteiger partial charge in [0.2, 0.25) is 0 Å². The smallest absolute Gasteiger partial charge is 1.00 e. The molecule has 0 aliphatic heterocycles. The maximum Gasteiger partial charge on any atom is 4.00 e. The van der Waals surface area contributed by atoms with Gasteiger partial charge < -0.3 is 24.8 Å². The maximum absolute atomic E-state index is 3.19. The SMILES string of the molecule is CC1=[C-]CC(C)=C1.CC1=[C-]CC(C)=C1.CC[SiH]CC.[Cl-].[Cl-].[Hf+4]. The number of halogens is 2. The summed E-state index contributed by atoms with van der Waals surface area (Å²) in [4.78, 5) is 0. The molecule has 123 valence electrons. The molecule has 0 N–H and O–H groups in total. The third-order valence-corrected chi connectivity index (χ3v) is 3.95. The Bertz CT molecular complexity index is 347. The Labute approximate surface area is 172 Å². The van der Waals surface area contributed by atoms with Gasteiger partial charge in [0.15, 0.2) is 0 Å². The Morgan fingerprint density at radius 2 is 1.14 bits per heavy atom. The van der Waals surface area contributed by atoms with Crippen molar-refractivity contribution in [3.8, 4) is 0 Å². The molecule has 0 saturated carbocycles. The number of rotatable bonds is 2. The van der Waals surface area contributed by atoms with Crippen molar-refractivity contribution in [1.82, 2.24) is 0 Å². The van der Waals surface area contributed by atoms with E-state index in [2.05, 4.69) is 65.8 Å². The molecule has 0 amide bonds. The molecule has 0 unspecified atom stereocenters. The molecule has 22 heavy (non-hydrogen) atoms. The van der Waals surface area contributed by atoms with Crippen LogP contribution in [0.4, 0.5) is 0 Å². The van der Waals surface area contributed by atoms with Gasteiger partial charge >= 0.3 is 25.8 Å². The van der Waals surface area contributed by atoms with E-state index in [0.717, 1.165) is 22.4 Å². The fourth-order valence-electron chi connectivity index (χ4n) is 1.79.